The molecule has 2 N–H and O–H groups in total. The summed E-state index contributed by atoms with van der Waals surface area (Å²) in [5.41, 5.74) is -0.182. The zero-order valence-electron chi connectivity index (χ0n) is 11.3. The van der Waals surface area contributed by atoms with Gasteiger partial charge in [0.2, 0.25) is 5.43 Å². The summed E-state index contributed by atoms with van der Waals surface area (Å²) in [7, 11) is 0. The summed E-state index contributed by atoms with van der Waals surface area (Å²) in [4.78, 5) is 25.2. The summed E-state index contributed by atoms with van der Waals surface area (Å²) in [6.45, 7) is 5.58. The van der Waals surface area contributed by atoms with Crippen molar-refractivity contribution >= 4 is 17.1 Å². The number of hydrogen-bond acceptors (Lipinski definition) is 3. The molecular formula is C14H14FNO4. The SMILES string of the molecule is CC(C)(C)c1cc2[nH]cc(OC(=O)O)c(=O)c2cc1F. The highest BCUT2D eigenvalue weighted by Crippen LogP contribution is 2.28. The maximum Gasteiger partial charge on any atom is 0.511 e. The van der Waals surface area contributed by atoms with E-state index in [0.29, 0.717) is 11.1 Å². The summed E-state index contributed by atoms with van der Waals surface area (Å²) in [6.07, 6.45) is -0.440. The molecule has 0 bridgehead atoms. The Labute approximate surface area is 114 Å². The molecule has 1 heterocycles. The molecule has 1 aromatic carbocycles. The number of carboxylic acid groups (broad SMARTS) is 1. The minimum atomic E-state index is -1.60. The number of H-pyrrole nitrogens is 1. The first kappa shape index (κ1) is 14.0. The fourth-order valence-corrected chi connectivity index (χ4v) is 1.97. The molecule has 0 aliphatic heterocycles. The van der Waals surface area contributed by atoms with Crippen molar-refractivity contribution in [2.75, 3.05) is 0 Å². The Balaban J connectivity index is 2.70. The largest absolute Gasteiger partial charge is 0.511 e. The highest BCUT2D eigenvalue weighted by atomic mass is 19.1. The first-order valence-corrected chi connectivity index (χ1v) is 5.96. The van der Waals surface area contributed by atoms with Gasteiger partial charge in [-0.2, -0.15) is 0 Å². The normalized spacial score (nSPS) is 11.6. The molecule has 0 saturated carbocycles. The number of hydrogen-bond donors (Lipinski definition) is 2. The molecule has 0 unspecified atom stereocenters. The monoisotopic (exact) mass is 279 g/mol. The van der Waals surface area contributed by atoms with Gasteiger partial charge in [0.05, 0.1) is 10.9 Å². The highest BCUT2D eigenvalue weighted by Gasteiger charge is 2.20. The van der Waals surface area contributed by atoms with Crippen LogP contribution in [0.2, 0.25) is 0 Å². The lowest BCUT2D eigenvalue weighted by Crippen LogP contribution is -2.16. The number of benzene rings is 1. The fraction of sp³-hybridized carbons (Fsp3) is 0.286. The van der Waals surface area contributed by atoms with Crippen molar-refractivity contribution in [2.45, 2.75) is 26.2 Å². The number of fused-ring (bicyclic) bond motifs is 1. The van der Waals surface area contributed by atoms with Crippen LogP contribution >= 0.6 is 0 Å². The molecule has 0 spiro atoms. The lowest BCUT2D eigenvalue weighted by atomic mass is 9.86. The summed E-state index contributed by atoms with van der Waals surface area (Å²) in [6, 6.07) is 2.65. The number of halogens is 1. The van der Waals surface area contributed by atoms with Crippen LogP contribution in [0.5, 0.6) is 5.75 Å². The molecule has 0 radical (unpaired) electrons. The van der Waals surface area contributed by atoms with Gasteiger partial charge < -0.3 is 14.8 Å². The molecule has 0 aliphatic carbocycles. The Morgan fingerprint density at radius 2 is 2.00 bits per heavy atom. The zero-order valence-corrected chi connectivity index (χ0v) is 11.3. The molecule has 0 fully saturated rings. The third kappa shape index (κ3) is 2.49. The summed E-state index contributed by atoms with van der Waals surface area (Å²) >= 11 is 0. The van der Waals surface area contributed by atoms with E-state index in [9.17, 15) is 14.0 Å². The van der Waals surface area contributed by atoms with E-state index in [0.717, 1.165) is 12.3 Å². The lowest BCUT2D eigenvalue weighted by molar-refractivity contribution is 0.144. The van der Waals surface area contributed by atoms with Gasteiger partial charge in [-0.1, -0.05) is 20.8 Å². The van der Waals surface area contributed by atoms with Crippen molar-refractivity contribution in [2.24, 2.45) is 0 Å². The first-order chi connectivity index (χ1) is 9.20. The van der Waals surface area contributed by atoms with E-state index < -0.39 is 22.8 Å². The van der Waals surface area contributed by atoms with Gasteiger partial charge in [0, 0.05) is 6.20 Å². The van der Waals surface area contributed by atoms with Crippen molar-refractivity contribution < 1.29 is 19.0 Å². The van der Waals surface area contributed by atoms with E-state index >= 15 is 0 Å². The van der Waals surface area contributed by atoms with Gasteiger partial charge in [0.25, 0.3) is 0 Å². The van der Waals surface area contributed by atoms with Crippen molar-refractivity contribution in [3.05, 3.63) is 39.9 Å². The maximum absolute atomic E-state index is 14.1. The molecule has 1 aromatic heterocycles. The third-order valence-electron chi connectivity index (χ3n) is 2.94. The van der Waals surface area contributed by atoms with Gasteiger partial charge in [0.1, 0.15) is 5.82 Å². The van der Waals surface area contributed by atoms with Gasteiger partial charge in [0.15, 0.2) is 5.75 Å². The van der Waals surface area contributed by atoms with Crippen molar-refractivity contribution in [3.8, 4) is 5.75 Å². The van der Waals surface area contributed by atoms with Gasteiger partial charge in [-0.25, -0.2) is 9.18 Å². The summed E-state index contributed by atoms with van der Waals surface area (Å²) in [5.74, 6) is -0.893. The van der Waals surface area contributed by atoms with Crippen LogP contribution in [0.25, 0.3) is 10.9 Å². The molecule has 20 heavy (non-hydrogen) atoms. The smallest absolute Gasteiger partial charge is 0.449 e. The average Bonchev–Trinajstić information content (AvgIpc) is 2.31. The molecule has 2 rings (SSSR count). The number of aromatic amines is 1. The minimum Gasteiger partial charge on any atom is -0.449 e. The third-order valence-corrected chi connectivity index (χ3v) is 2.94. The highest BCUT2D eigenvalue weighted by molar-refractivity contribution is 5.81. The van der Waals surface area contributed by atoms with Crippen LogP contribution in [-0.2, 0) is 5.41 Å². The van der Waals surface area contributed by atoms with Gasteiger partial charge >= 0.3 is 6.16 Å². The molecule has 106 valence electrons. The zero-order chi connectivity index (χ0) is 15.1. The van der Waals surface area contributed by atoms with Crippen LogP contribution < -0.4 is 10.2 Å². The van der Waals surface area contributed by atoms with Crippen LogP contribution in [0.1, 0.15) is 26.3 Å². The number of pyridine rings is 1. The predicted molar refractivity (Wildman–Crippen MR) is 71.9 cm³/mol. The van der Waals surface area contributed by atoms with Gasteiger partial charge in [-0.3, -0.25) is 4.79 Å². The molecule has 5 nitrogen and oxygen atoms in total. The van der Waals surface area contributed by atoms with Gasteiger partial charge in [-0.05, 0) is 23.1 Å². The van der Waals surface area contributed by atoms with E-state index in [1.165, 1.54) is 0 Å². The van der Waals surface area contributed by atoms with E-state index in [2.05, 4.69) is 9.72 Å². The number of aromatic nitrogens is 1. The Morgan fingerprint density at radius 1 is 1.35 bits per heavy atom. The van der Waals surface area contributed by atoms with Crippen LogP contribution in [0, 0.1) is 5.82 Å². The number of rotatable bonds is 1. The molecule has 0 atom stereocenters. The minimum absolute atomic E-state index is 0.0502. The van der Waals surface area contributed by atoms with E-state index in [-0.39, 0.29) is 11.1 Å². The van der Waals surface area contributed by atoms with E-state index in [1.807, 2.05) is 20.8 Å². The Bertz CT molecular complexity index is 743. The van der Waals surface area contributed by atoms with Crippen LogP contribution in [0.15, 0.2) is 23.1 Å². The molecule has 0 amide bonds. The number of nitrogens with one attached hydrogen (secondary N) is 1. The Kier molecular flexibility index (Phi) is 3.25. The van der Waals surface area contributed by atoms with E-state index in [4.69, 9.17) is 5.11 Å². The predicted octanol–water partition coefficient (Wildman–Crippen LogP) is 3.02. The van der Waals surface area contributed by atoms with Gasteiger partial charge in [-0.15, -0.1) is 0 Å². The second-order valence-electron chi connectivity index (χ2n) is 5.48. The van der Waals surface area contributed by atoms with Crippen LogP contribution in [0.4, 0.5) is 9.18 Å². The Morgan fingerprint density at radius 3 is 2.55 bits per heavy atom. The van der Waals surface area contributed by atoms with Crippen LogP contribution in [0.3, 0.4) is 0 Å². The standard InChI is InChI=1S/C14H14FNO4/c1-14(2,3)8-5-10-7(4-9(8)15)12(17)11(6-16-10)20-13(18)19/h4-6H,1-3H3,(H,16,17)(H,18,19). The number of ether oxygens (including phenoxy) is 1. The fourth-order valence-electron chi connectivity index (χ4n) is 1.97. The van der Waals surface area contributed by atoms with Crippen molar-refractivity contribution in [3.63, 3.8) is 0 Å². The first-order valence-electron chi connectivity index (χ1n) is 5.96. The lowest BCUT2D eigenvalue weighted by Gasteiger charge is -2.20. The van der Waals surface area contributed by atoms with E-state index in [1.54, 1.807) is 6.07 Å². The molecular weight excluding hydrogens is 265 g/mol. The maximum atomic E-state index is 14.1. The summed E-state index contributed by atoms with van der Waals surface area (Å²) in [5, 5.41) is 8.57. The molecule has 0 aliphatic rings. The Hall–Kier alpha value is -2.37. The molecule has 0 saturated heterocycles. The van der Waals surface area contributed by atoms with Crippen molar-refractivity contribution in [1.82, 2.24) is 4.98 Å². The van der Waals surface area contributed by atoms with Crippen molar-refractivity contribution in [1.29, 1.82) is 0 Å². The second-order valence-corrected chi connectivity index (χ2v) is 5.48. The quantitative estimate of drug-likeness (QED) is 0.786. The molecule has 2 aromatic rings. The topological polar surface area (TPSA) is 79.4 Å². The number of carbonyl (C=O) groups is 1. The summed E-state index contributed by atoms with van der Waals surface area (Å²) < 4.78 is 18.4. The van der Waals surface area contributed by atoms with Crippen LogP contribution in [-0.4, -0.2) is 16.2 Å². The second kappa shape index (κ2) is 4.63. The average molecular weight is 279 g/mol. The molecule has 6 heteroatoms.